The Balaban J connectivity index is -0.00000133. The smallest absolute Gasteiger partial charge is 0.0420 e. The van der Waals surface area contributed by atoms with Crippen LogP contribution in [0.1, 0.15) is 0 Å². The van der Waals surface area contributed by atoms with E-state index in [2.05, 4.69) is 11.5 Å². The molecule has 0 saturated carbocycles. The maximum atomic E-state index is 6.50. The summed E-state index contributed by atoms with van der Waals surface area (Å²) < 4.78 is 0. The molecule has 0 spiro atoms. The third-order valence-electron chi connectivity index (χ3n) is 9.54. The van der Waals surface area contributed by atoms with E-state index in [-0.39, 0.29) is 0 Å². The number of hydrogen-bond acceptors (Lipinski definition) is 2. The number of hydrogen-bond donors (Lipinski definition) is 2. The molecular weight excluding hydrogens is 609 g/mol. The third-order valence-corrected chi connectivity index (χ3v) is 9.54. The van der Waals surface area contributed by atoms with Crippen LogP contribution in [0, 0.1) is 0 Å². The van der Waals surface area contributed by atoms with Gasteiger partial charge in [0.25, 0.3) is 0 Å². The van der Waals surface area contributed by atoms with E-state index in [0.717, 1.165) is 0 Å². The van der Waals surface area contributed by atoms with E-state index < -0.39 is 109 Å². The fourth-order valence-corrected chi connectivity index (χ4v) is 7.33. The SMILES string of the molecule is CN.CN.[B][B]B([B])B(B(C)B(B(C)B(B([B])[B])B([B][B])B([B])[B])B(B([B])[B])B(B([B])[B])B([B])[B])B(B([B])[B])B([B])[B].c1ccccc1.c1ccccc1. The lowest BCUT2D eigenvalue weighted by Gasteiger charge is -2.49. The second kappa shape index (κ2) is 34.5. The molecule has 0 aliphatic heterocycles. The molecule has 0 heterocycles. The van der Waals surface area contributed by atoms with Crippen LogP contribution < -0.4 is 11.5 Å². The zero-order valence-corrected chi connectivity index (χ0v) is 32.9. The third kappa shape index (κ3) is 21.6. The van der Waals surface area contributed by atoms with Gasteiger partial charge in [0.1, 0.15) is 0 Å². The largest absolute Gasteiger partial charge is 0.333 e. The number of benzene rings is 2. The van der Waals surface area contributed by atoms with Crippen molar-refractivity contribution in [1.29, 1.82) is 0 Å². The van der Waals surface area contributed by atoms with Gasteiger partial charge < -0.3 is 11.5 Å². The highest BCUT2D eigenvalue weighted by atomic mass is 14.4. The van der Waals surface area contributed by atoms with Crippen LogP contribution in [-0.4, -0.2) is 269 Å². The second-order valence-corrected chi connectivity index (χ2v) is 13.1. The Morgan fingerprint density at radius 1 is 0.315 bits per heavy atom. The second-order valence-electron chi connectivity index (χ2n) is 13.1. The first kappa shape index (κ1) is 59.0. The summed E-state index contributed by atoms with van der Waals surface area (Å²) in [6.07, 6.45) is -11.9. The van der Waals surface area contributed by atoms with E-state index in [1.54, 1.807) is 0 Å². The molecule has 36 radical (unpaired) electrons. The van der Waals surface area contributed by atoms with Crippen LogP contribution in [0.25, 0.3) is 0 Å². The fraction of sp³-hybridized carbons (Fsp3) is 0.250. The van der Waals surface area contributed by atoms with E-state index in [0.29, 0.717) is 0 Å². The molecular formula is C16H28B36N2. The highest BCUT2D eigenvalue weighted by Crippen LogP contribution is 2.16. The van der Waals surface area contributed by atoms with Crippen molar-refractivity contribution in [3.05, 3.63) is 72.8 Å². The maximum Gasteiger partial charge on any atom is 0.0420 e. The summed E-state index contributed by atoms with van der Waals surface area (Å²) in [6, 6.07) is 24.0. The van der Waals surface area contributed by atoms with Gasteiger partial charge in [0, 0.05) is 254 Å². The molecule has 2 aromatic carbocycles. The van der Waals surface area contributed by atoms with Gasteiger partial charge in [0.2, 0.25) is 0 Å². The summed E-state index contributed by atoms with van der Waals surface area (Å²) in [5.41, 5.74) is 9.00. The van der Waals surface area contributed by atoms with Gasteiger partial charge in [0.15, 0.2) is 0 Å². The van der Waals surface area contributed by atoms with E-state index >= 15 is 0 Å². The minimum atomic E-state index is -1.00. The van der Waals surface area contributed by atoms with Crippen LogP contribution in [0.4, 0.5) is 0 Å². The maximum absolute atomic E-state index is 6.50. The highest BCUT2D eigenvalue weighted by molar-refractivity contribution is 8.23. The standard InChI is InChI=1S/2C6H6.C2H6B36.2CH5N/c2*1-2-4-6-5-3-1;1-22(34(25(7)8)32(21-4)24(5)6)33(38(30(17)18)37(28(13)14)29(15)16)23(2)35(31(19)20-3)36(26(9)10)27(11)12;2*1-2/h2*1-6H;1-2H3;2*2H2,1H3. The topological polar surface area (TPSA) is 52.0 Å². The molecule has 0 aliphatic rings. The predicted molar refractivity (Wildman–Crippen MR) is 292 cm³/mol. The molecule has 2 nitrogen and oxygen atoms in total. The molecule has 0 aliphatic carbocycles. The zero-order chi connectivity index (χ0) is 42.7. The molecule has 38 heteroatoms. The predicted octanol–water partition coefficient (Wildman–Crippen LogP) is -10.0. The average molecular weight is 638 g/mol. The molecule has 2 rings (SSSR count). The normalized spacial score (nSPS) is 8.70. The Bertz CT molecular complexity index is 972. The highest BCUT2D eigenvalue weighted by Gasteiger charge is 2.53. The number of nitrogens with two attached hydrogens (primary N) is 2. The van der Waals surface area contributed by atoms with Gasteiger partial charge in [-0.15, -0.1) is 13.6 Å². The van der Waals surface area contributed by atoms with E-state index in [4.69, 9.17) is 132 Å². The first-order valence-corrected chi connectivity index (χ1v) is 18.0. The summed E-state index contributed by atoms with van der Waals surface area (Å²) in [5, 5.41) is 0. The summed E-state index contributed by atoms with van der Waals surface area (Å²) in [7, 11) is 111. The van der Waals surface area contributed by atoms with Crippen LogP contribution >= 0.6 is 0 Å². The molecule has 210 valence electrons. The van der Waals surface area contributed by atoms with Crippen LogP contribution in [0.3, 0.4) is 0 Å². The first-order chi connectivity index (χ1) is 25.4. The molecule has 54 heavy (non-hydrogen) atoms. The van der Waals surface area contributed by atoms with Crippen molar-refractivity contribution in [2.24, 2.45) is 11.5 Å². The Kier molecular flexibility index (Phi) is 37.8. The van der Waals surface area contributed by atoms with Gasteiger partial charge in [-0.2, -0.15) is 0 Å². The van der Waals surface area contributed by atoms with Crippen LogP contribution in [0.15, 0.2) is 72.8 Å². The lowest BCUT2D eigenvalue weighted by Crippen LogP contribution is -2.86. The molecule has 4 N–H and O–H groups in total. The van der Waals surface area contributed by atoms with Crippen molar-refractivity contribution < 1.29 is 0 Å². The van der Waals surface area contributed by atoms with Crippen molar-refractivity contribution in [1.82, 2.24) is 0 Å². The molecule has 0 unspecified atom stereocenters. The lowest BCUT2D eigenvalue weighted by atomic mass is 8.34. The van der Waals surface area contributed by atoms with E-state index in [9.17, 15) is 0 Å². The summed E-state index contributed by atoms with van der Waals surface area (Å²) >= 11 is 0. The Hall–Kier alpha value is 0.698. The van der Waals surface area contributed by atoms with Gasteiger partial charge in [-0.3, -0.25) is 0 Å². The minimum absolute atomic E-state index is 0.444. The van der Waals surface area contributed by atoms with Crippen LogP contribution in [-0.2, 0) is 0 Å². The molecule has 0 amide bonds. The first-order valence-electron chi connectivity index (χ1n) is 18.0. The Morgan fingerprint density at radius 3 is 0.759 bits per heavy atom. The van der Waals surface area contributed by atoms with Crippen molar-refractivity contribution in [2.45, 2.75) is 13.6 Å². The molecule has 0 aromatic heterocycles. The quantitative estimate of drug-likeness (QED) is 0.160. The zero-order valence-electron chi connectivity index (χ0n) is 32.9. The summed E-state index contributed by atoms with van der Waals surface area (Å²) in [6.45, 7) is 2.89. The van der Waals surface area contributed by atoms with Crippen molar-refractivity contribution >= 4 is 254 Å². The Labute approximate surface area is 364 Å². The monoisotopic (exact) mass is 645 g/mol. The van der Waals surface area contributed by atoms with Crippen molar-refractivity contribution in [3.8, 4) is 0 Å². The molecule has 0 saturated heterocycles. The van der Waals surface area contributed by atoms with Gasteiger partial charge in [-0.1, -0.05) is 72.8 Å². The van der Waals surface area contributed by atoms with Crippen LogP contribution in [0.5, 0.6) is 0 Å². The lowest BCUT2D eigenvalue weighted by molar-refractivity contribution is 1.48. The number of rotatable bonds is 18. The summed E-state index contributed by atoms with van der Waals surface area (Å²) in [4.78, 5) is 0. The van der Waals surface area contributed by atoms with Crippen molar-refractivity contribution in [3.63, 3.8) is 0 Å². The van der Waals surface area contributed by atoms with E-state index in [1.807, 2.05) is 86.4 Å². The van der Waals surface area contributed by atoms with Crippen LogP contribution in [0.2, 0.25) is 13.6 Å². The van der Waals surface area contributed by atoms with Crippen molar-refractivity contribution in [2.75, 3.05) is 14.1 Å². The van der Waals surface area contributed by atoms with Gasteiger partial charge >= 0.3 is 0 Å². The van der Waals surface area contributed by atoms with Gasteiger partial charge in [-0.05, 0) is 14.1 Å². The summed E-state index contributed by atoms with van der Waals surface area (Å²) in [5.74, 6) is 0. The van der Waals surface area contributed by atoms with Gasteiger partial charge in [0.05, 0.1) is 0 Å². The molecule has 0 atom stereocenters. The average Bonchev–Trinajstić information content (AvgIpc) is 3.14. The molecule has 2 aromatic rings. The minimum Gasteiger partial charge on any atom is -0.333 e. The van der Waals surface area contributed by atoms with Gasteiger partial charge in [-0.25, -0.2) is 0 Å². The van der Waals surface area contributed by atoms with E-state index in [1.165, 1.54) is 28.2 Å². The molecule has 0 fully saturated rings. The Morgan fingerprint density at radius 2 is 0.556 bits per heavy atom. The fourth-order valence-electron chi connectivity index (χ4n) is 7.33. The molecule has 0 bridgehead atoms.